The Kier molecular flexibility index (Phi) is 6.40. The Bertz CT molecular complexity index is 1510. The van der Waals surface area contributed by atoms with E-state index < -0.39 is 0 Å². The number of benzene rings is 2. The highest BCUT2D eigenvalue weighted by Crippen LogP contribution is 2.28. The van der Waals surface area contributed by atoms with Crippen molar-refractivity contribution in [2.45, 2.75) is 19.8 Å². The first kappa shape index (κ1) is 23.4. The van der Waals surface area contributed by atoms with Crippen LogP contribution in [0.4, 0.5) is 5.82 Å². The molecular weight excluding hydrogens is 480 g/mol. The number of para-hydroxylation sites is 1. The van der Waals surface area contributed by atoms with Crippen LogP contribution in [0.5, 0.6) is 0 Å². The van der Waals surface area contributed by atoms with Gasteiger partial charge < -0.3 is 9.80 Å². The molecule has 1 aliphatic heterocycles. The monoisotopic (exact) mass is 508 g/mol. The third-order valence-corrected chi connectivity index (χ3v) is 7.61. The fourth-order valence-corrected chi connectivity index (χ4v) is 5.48. The van der Waals surface area contributed by atoms with Crippen LogP contribution in [-0.2, 0) is 6.42 Å². The van der Waals surface area contributed by atoms with Gasteiger partial charge in [-0.25, -0.2) is 14.6 Å². The number of thiophene rings is 1. The molecule has 3 aromatic heterocycles. The molecule has 0 radical (unpaired) electrons. The Morgan fingerprint density at radius 3 is 2.54 bits per heavy atom. The molecule has 6 rings (SSSR count). The molecule has 0 N–H and O–H groups in total. The number of rotatable bonds is 5. The van der Waals surface area contributed by atoms with Crippen LogP contribution in [0.3, 0.4) is 0 Å². The van der Waals surface area contributed by atoms with Gasteiger partial charge in [-0.2, -0.15) is 5.10 Å². The highest BCUT2D eigenvalue weighted by atomic mass is 32.1. The highest BCUT2D eigenvalue weighted by Gasteiger charge is 2.24. The largest absolute Gasteiger partial charge is 0.354 e. The molecule has 0 aliphatic carbocycles. The molecule has 1 aliphatic rings. The van der Waals surface area contributed by atoms with Crippen molar-refractivity contribution < 1.29 is 4.79 Å². The molecule has 37 heavy (non-hydrogen) atoms. The number of hydrogen-bond acceptors (Lipinski definition) is 6. The summed E-state index contributed by atoms with van der Waals surface area (Å²) in [7, 11) is 0. The van der Waals surface area contributed by atoms with Gasteiger partial charge in [-0.3, -0.25) is 4.79 Å². The van der Waals surface area contributed by atoms with Crippen molar-refractivity contribution in [3.63, 3.8) is 0 Å². The van der Waals surface area contributed by atoms with Crippen LogP contribution < -0.4 is 4.90 Å². The summed E-state index contributed by atoms with van der Waals surface area (Å²) in [6.45, 7) is 5.02. The number of amides is 1. The second-order valence-corrected chi connectivity index (χ2v) is 10.3. The summed E-state index contributed by atoms with van der Waals surface area (Å²) in [5, 5.41) is 7.58. The first-order valence-corrected chi connectivity index (χ1v) is 13.5. The van der Waals surface area contributed by atoms with Crippen molar-refractivity contribution in [1.82, 2.24) is 24.6 Å². The number of nitrogens with zero attached hydrogens (tertiary/aromatic N) is 6. The van der Waals surface area contributed by atoms with Crippen LogP contribution in [0, 0.1) is 6.92 Å². The molecule has 4 heterocycles. The number of carbonyl (C=O) groups is 1. The SMILES string of the molecule is Cc1ccc(Cc2nc(N3CCCN(C(=O)c4cccs4)CC3)c3cnn(-c4ccccc4)c3n2)cc1. The lowest BCUT2D eigenvalue weighted by atomic mass is 10.1. The predicted molar refractivity (Wildman–Crippen MR) is 148 cm³/mol. The molecular formula is C29H28N6OS. The van der Waals surface area contributed by atoms with E-state index in [2.05, 4.69) is 36.1 Å². The van der Waals surface area contributed by atoms with Gasteiger partial charge in [-0.15, -0.1) is 11.3 Å². The molecule has 8 heteroatoms. The maximum atomic E-state index is 13.0. The lowest BCUT2D eigenvalue weighted by Crippen LogP contribution is -2.35. The van der Waals surface area contributed by atoms with E-state index in [9.17, 15) is 4.79 Å². The Balaban J connectivity index is 1.36. The molecule has 7 nitrogen and oxygen atoms in total. The van der Waals surface area contributed by atoms with E-state index >= 15 is 0 Å². The number of anilines is 1. The van der Waals surface area contributed by atoms with Crippen molar-refractivity contribution >= 4 is 34.1 Å². The summed E-state index contributed by atoms with van der Waals surface area (Å²) in [5.41, 5.74) is 4.17. The van der Waals surface area contributed by atoms with Gasteiger partial charge in [-0.1, -0.05) is 54.1 Å². The summed E-state index contributed by atoms with van der Waals surface area (Å²) < 4.78 is 1.89. The van der Waals surface area contributed by atoms with E-state index in [1.54, 1.807) is 0 Å². The Morgan fingerprint density at radius 1 is 0.919 bits per heavy atom. The van der Waals surface area contributed by atoms with Crippen molar-refractivity contribution in [2.75, 3.05) is 31.1 Å². The van der Waals surface area contributed by atoms with Crippen LogP contribution >= 0.6 is 11.3 Å². The quantitative estimate of drug-likeness (QED) is 0.329. The van der Waals surface area contributed by atoms with Crippen LogP contribution in [0.25, 0.3) is 16.7 Å². The molecule has 0 bridgehead atoms. The fraction of sp³-hybridized carbons (Fsp3) is 0.241. The first-order valence-electron chi connectivity index (χ1n) is 12.6. The van der Waals surface area contributed by atoms with E-state index in [0.29, 0.717) is 19.5 Å². The average molecular weight is 509 g/mol. The Labute approximate surface area is 220 Å². The average Bonchev–Trinajstić information content (AvgIpc) is 3.55. The lowest BCUT2D eigenvalue weighted by molar-refractivity contribution is 0.0772. The number of fused-ring (bicyclic) bond motifs is 1. The third kappa shape index (κ3) is 4.84. The van der Waals surface area contributed by atoms with Crippen molar-refractivity contribution in [3.8, 4) is 5.69 Å². The molecule has 0 spiro atoms. The van der Waals surface area contributed by atoms with Gasteiger partial charge in [0.1, 0.15) is 11.6 Å². The van der Waals surface area contributed by atoms with Crippen LogP contribution in [-0.4, -0.2) is 56.7 Å². The second-order valence-electron chi connectivity index (χ2n) is 9.37. The number of aromatic nitrogens is 4. The molecule has 1 amide bonds. The summed E-state index contributed by atoms with van der Waals surface area (Å²) in [5.74, 6) is 1.76. The summed E-state index contributed by atoms with van der Waals surface area (Å²) in [4.78, 5) is 28.1. The minimum atomic E-state index is 0.113. The Hall–Kier alpha value is -4.04. The molecule has 1 saturated heterocycles. The molecule has 2 aromatic carbocycles. The minimum Gasteiger partial charge on any atom is -0.354 e. The molecule has 0 atom stereocenters. The van der Waals surface area contributed by atoms with E-state index in [1.807, 2.05) is 63.6 Å². The lowest BCUT2D eigenvalue weighted by Gasteiger charge is -2.23. The molecule has 186 valence electrons. The highest BCUT2D eigenvalue weighted by molar-refractivity contribution is 7.12. The molecule has 1 fully saturated rings. The van der Waals surface area contributed by atoms with Crippen LogP contribution in [0.1, 0.15) is 33.0 Å². The van der Waals surface area contributed by atoms with Gasteiger partial charge in [0.05, 0.1) is 22.1 Å². The topological polar surface area (TPSA) is 67.2 Å². The van der Waals surface area contributed by atoms with Gasteiger partial charge >= 0.3 is 0 Å². The van der Waals surface area contributed by atoms with E-state index in [-0.39, 0.29) is 5.91 Å². The van der Waals surface area contributed by atoms with Gasteiger partial charge in [0.25, 0.3) is 5.91 Å². The normalized spacial score (nSPS) is 14.2. The summed E-state index contributed by atoms with van der Waals surface area (Å²) in [6.07, 6.45) is 3.38. The number of hydrogen-bond donors (Lipinski definition) is 0. The summed E-state index contributed by atoms with van der Waals surface area (Å²) >= 11 is 1.50. The van der Waals surface area contributed by atoms with Gasteiger partial charge in [0.2, 0.25) is 0 Å². The van der Waals surface area contributed by atoms with Crippen molar-refractivity contribution in [2.24, 2.45) is 0 Å². The first-order chi connectivity index (χ1) is 18.2. The fourth-order valence-electron chi connectivity index (χ4n) is 4.79. The molecule has 5 aromatic rings. The van der Waals surface area contributed by atoms with E-state index in [0.717, 1.165) is 52.8 Å². The smallest absolute Gasteiger partial charge is 0.263 e. The van der Waals surface area contributed by atoms with Crippen LogP contribution in [0.15, 0.2) is 78.3 Å². The van der Waals surface area contributed by atoms with Crippen LogP contribution in [0.2, 0.25) is 0 Å². The van der Waals surface area contributed by atoms with Crippen molar-refractivity contribution in [1.29, 1.82) is 0 Å². The number of aryl methyl sites for hydroxylation is 1. The summed E-state index contributed by atoms with van der Waals surface area (Å²) in [6, 6.07) is 22.4. The predicted octanol–water partition coefficient (Wildman–Crippen LogP) is 5.13. The second kappa shape index (κ2) is 10.1. The zero-order valence-electron chi connectivity index (χ0n) is 20.7. The van der Waals surface area contributed by atoms with E-state index in [4.69, 9.17) is 15.1 Å². The maximum absolute atomic E-state index is 13.0. The van der Waals surface area contributed by atoms with Gasteiger partial charge in [0, 0.05) is 32.6 Å². The minimum absolute atomic E-state index is 0.113. The standard InChI is InChI=1S/C29H28N6OS/c1-21-10-12-22(13-11-21)19-26-31-27(24-20-30-35(28(24)32-26)23-7-3-2-4-8-23)33-14-6-15-34(17-16-33)29(36)25-9-5-18-37-25/h2-5,7-13,18,20H,6,14-17,19H2,1H3. The van der Waals surface area contributed by atoms with Gasteiger partial charge in [0.15, 0.2) is 5.65 Å². The molecule has 0 unspecified atom stereocenters. The third-order valence-electron chi connectivity index (χ3n) is 6.75. The zero-order chi connectivity index (χ0) is 25.2. The van der Waals surface area contributed by atoms with Gasteiger partial charge in [-0.05, 0) is 42.5 Å². The Morgan fingerprint density at radius 2 is 1.76 bits per heavy atom. The molecule has 0 saturated carbocycles. The zero-order valence-corrected chi connectivity index (χ0v) is 21.6. The number of carbonyl (C=O) groups excluding carboxylic acids is 1. The van der Waals surface area contributed by atoms with Crippen molar-refractivity contribution in [3.05, 3.63) is 100 Å². The van der Waals surface area contributed by atoms with E-state index in [1.165, 1.54) is 22.5 Å². The maximum Gasteiger partial charge on any atom is 0.263 e.